The largest absolute Gasteiger partial charge is 0.355 e. The first-order valence-corrected chi connectivity index (χ1v) is 8.45. The summed E-state index contributed by atoms with van der Waals surface area (Å²) in [5.41, 5.74) is 3.01. The molecule has 25 heavy (non-hydrogen) atoms. The zero-order valence-electron chi connectivity index (χ0n) is 14.2. The smallest absolute Gasteiger partial charge is 0.239 e. The summed E-state index contributed by atoms with van der Waals surface area (Å²) in [5.74, 6) is -1.47. The molecule has 0 saturated carbocycles. The Balaban J connectivity index is 1.55. The predicted molar refractivity (Wildman–Crippen MR) is 94.8 cm³/mol. The van der Waals surface area contributed by atoms with Crippen molar-refractivity contribution in [2.45, 2.75) is 19.8 Å². The fraction of sp³-hybridized carbons (Fsp3) is 0.300. The van der Waals surface area contributed by atoms with Crippen LogP contribution in [0, 0.1) is 18.7 Å². The molecule has 1 N–H and O–H groups in total. The summed E-state index contributed by atoms with van der Waals surface area (Å²) in [6.07, 6.45) is 1.22. The highest BCUT2D eigenvalue weighted by Gasteiger charge is 2.37. The van der Waals surface area contributed by atoms with Crippen molar-refractivity contribution in [3.05, 3.63) is 65.5 Å². The second kappa shape index (κ2) is 7.47. The highest BCUT2D eigenvalue weighted by Crippen LogP contribution is 2.25. The van der Waals surface area contributed by atoms with Gasteiger partial charge >= 0.3 is 0 Å². The molecule has 2 amide bonds. The summed E-state index contributed by atoms with van der Waals surface area (Å²) >= 11 is 0. The number of hydrogen-bond donors (Lipinski definition) is 1. The van der Waals surface area contributed by atoms with Gasteiger partial charge in [-0.2, -0.15) is 0 Å². The quantitative estimate of drug-likeness (QED) is 0.851. The number of amides is 2. The number of benzene rings is 2. The van der Waals surface area contributed by atoms with Gasteiger partial charge in [0.1, 0.15) is 11.7 Å². The Morgan fingerprint density at radius 1 is 1.20 bits per heavy atom. The molecule has 4 nitrogen and oxygen atoms in total. The standard InChI is InChI=1S/C20H21FN2O2/c1-14-4-2-3-5-15(14)10-12-22-19(24)18-11-13-23(20(18)25)17-8-6-16(21)7-9-17/h2-9,18H,10-13H2,1H3,(H,22,24). The van der Waals surface area contributed by atoms with Crippen LogP contribution >= 0.6 is 0 Å². The first kappa shape index (κ1) is 17.1. The van der Waals surface area contributed by atoms with Crippen LogP contribution in [0.25, 0.3) is 0 Å². The zero-order valence-corrected chi connectivity index (χ0v) is 14.2. The fourth-order valence-electron chi connectivity index (χ4n) is 3.13. The molecule has 1 heterocycles. The van der Waals surface area contributed by atoms with Gasteiger partial charge in [-0.25, -0.2) is 4.39 Å². The number of carbonyl (C=O) groups excluding carboxylic acids is 2. The van der Waals surface area contributed by atoms with Crippen molar-refractivity contribution < 1.29 is 14.0 Å². The van der Waals surface area contributed by atoms with Gasteiger partial charge in [0.05, 0.1) is 0 Å². The van der Waals surface area contributed by atoms with E-state index in [9.17, 15) is 14.0 Å². The average Bonchev–Trinajstić information content (AvgIpc) is 2.99. The Morgan fingerprint density at radius 3 is 2.64 bits per heavy atom. The number of hydrogen-bond acceptors (Lipinski definition) is 2. The summed E-state index contributed by atoms with van der Waals surface area (Å²) in [6.45, 7) is 3.02. The number of nitrogens with one attached hydrogen (secondary N) is 1. The van der Waals surface area contributed by atoms with Gasteiger partial charge in [-0.1, -0.05) is 24.3 Å². The van der Waals surface area contributed by atoms with Gasteiger partial charge in [0.25, 0.3) is 0 Å². The molecule has 0 aromatic heterocycles. The Labute approximate surface area is 146 Å². The van der Waals surface area contributed by atoms with Crippen LogP contribution in [0.5, 0.6) is 0 Å². The molecular formula is C20H21FN2O2. The van der Waals surface area contributed by atoms with Crippen molar-refractivity contribution in [3.63, 3.8) is 0 Å². The summed E-state index contributed by atoms with van der Waals surface area (Å²) in [7, 11) is 0. The lowest BCUT2D eigenvalue weighted by atomic mass is 10.1. The lowest BCUT2D eigenvalue weighted by Crippen LogP contribution is -2.37. The first-order valence-electron chi connectivity index (χ1n) is 8.45. The average molecular weight is 340 g/mol. The van der Waals surface area contributed by atoms with Gasteiger partial charge in [0.2, 0.25) is 11.8 Å². The molecule has 1 aliphatic rings. The molecule has 0 spiro atoms. The van der Waals surface area contributed by atoms with Crippen molar-refractivity contribution in [2.75, 3.05) is 18.0 Å². The molecule has 130 valence electrons. The van der Waals surface area contributed by atoms with E-state index in [2.05, 4.69) is 5.32 Å². The molecule has 3 rings (SSSR count). The number of carbonyl (C=O) groups is 2. The topological polar surface area (TPSA) is 49.4 Å². The lowest BCUT2D eigenvalue weighted by Gasteiger charge is -2.16. The van der Waals surface area contributed by atoms with E-state index in [0.717, 1.165) is 6.42 Å². The molecule has 1 aliphatic heterocycles. The SMILES string of the molecule is Cc1ccccc1CCNC(=O)C1CCN(c2ccc(F)cc2)C1=O. The minimum Gasteiger partial charge on any atom is -0.355 e. The highest BCUT2D eigenvalue weighted by atomic mass is 19.1. The van der Waals surface area contributed by atoms with Crippen LogP contribution < -0.4 is 10.2 Å². The molecule has 0 bridgehead atoms. The number of nitrogens with zero attached hydrogens (tertiary/aromatic N) is 1. The van der Waals surface area contributed by atoms with Gasteiger partial charge in [0, 0.05) is 18.8 Å². The lowest BCUT2D eigenvalue weighted by molar-refractivity contribution is -0.132. The van der Waals surface area contributed by atoms with Crippen molar-refractivity contribution in [2.24, 2.45) is 5.92 Å². The molecule has 0 aliphatic carbocycles. The van der Waals surface area contributed by atoms with Crippen LogP contribution in [0.2, 0.25) is 0 Å². The summed E-state index contributed by atoms with van der Waals surface area (Å²) in [5, 5.41) is 2.87. The Kier molecular flexibility index (Phi) is 5.12. The van der Waals surface area contributed by atoms with Gasteiger partial charge < -0.3 is 10.2 Å². The van der Waals surface area contributed by atoms with E-state index in [1.54, 1.807) is 17.0 Å². The molecule has 2 aromatic rings. The van der Waals surface area contributed by atoms with Crippen LogP contribution in [-0.4, -0.2) is 24.9 Å². The number of halogens is 1. The third-order valence-electron chi connectivity index (χ3n) is 4.62. The van der Waals surface area contributed by atoms with Crippen molar-refractivity contribution in [1.29, 1.82) is 0 Å². The summed E-state index contributed by atoms with van der Waals surface area (Å²) in [6, 6.07) is 13.8. The van der Waals surface area contributed by atoms with Crippen LogP contribution in [0.4, 0.5) is 10.1 Å². The Bertz CT molecular complexity index is 774. The van der Waals surface area contributed by atoms with Crippen molar-refractivity contribution in [1.82, 2.24) is 5.32 Å². The molecule has 2 aromatic carbocycles. The van der Waals surface area contributed by atoms with Crippen LogP contribution in [-0.2, 0) is 16.0 Å². The maximum atomic E-state index is 13.0. The molecule has 0 radical (unpaired) electrons. The van der Waals surface area contributed by atoms with Crippen molar-refractivity contribution >= 4 is 17.5 Å². The maximum absolute atomic E-state index is 13.0. The second-order valence-electron chi connectivity index (χ2n) is 6.28. The van der Waals surface area contributed by atoms with E-state index in [0.29, 0.717) is 25.2 Å². The van der Waals surface area contributed by atoms with Crippen LogP contribution in [0.3, 0.4) is 0 Å². The van der Waals surface area contributed by atoms with E-state index in [1.165, 1.54) is 23.3 Å². The molecular weight excluding hydrogens is 319 g/mol. The Morgan fingerprint density at radius 2 is 1.92 bits per heavy atom. The summed E-state index contributed by atoms with van der Waals surface area (Å²) < 4.78 is 13.0. The van der Waals surface area contributed by atoms with Gasteiger partial charge in [-0.05, 0) is 55.2 Å². The van der Waals surface area contributed by atoms with E-state index >= 15 is 0 Å². The second-order valence-corrected chi connectivity index (χ2v) is 6.28. The number of rotatable bonds is 5. The maximum Gasteiger partial charge on any atom is 0.239 e. The van der Waals surface area contributed by atoms with Gasteiger partial charge in [-0.15, -0.1) is 0 Å². The zero-order chi connectivity index (χ0) is 17.8. The number of anilines is 1. The summed E-state index contributed by atoms with van der Waals surface area (Å²) in [4.78, 5) is 26.4. The third kappa shape index (κ3) is 3.87. The first-order chi connectivity index (χ1) is 12.1. The van der Waals surface area contributed by atoms with E-state index < -0.39 is 5.92 Å². The van der Waals surface area contributed by atoms with Crippen molar-refractivity contribution in [3.8, 4) is 0 Å². The predicted octanol–water partition coefficient (Wildman–Crippen LogP) is 2.85. The normalized spacial score (nSPS) is 17.0. The molecule has 1 fully saturated rings. The molecule has 1 atom stereocenters. The van der Waals surface area contributed by atoms with Gasteiger partial charge in [-0.3, -0.25) is 9.59 Å². The van der Waals surface area contributed by atoms with E-state index in [4.69, 9.17) is 0 Å². The third-order valence-corrected chi connectivity index (χ3v) is 4.62. The molecule has 1 saturated heterocycles. The Hall–Kier alpha value is -2.69. The fourth-order valence-corrected chi connectivity index (χ4v) is 3.13. The number of aryl methyl sites for hydroxylation is 1. The molecule has 1 unspecified atom stereocenters. The monoisotopic (exact) mass is 340 g/mol. The molecule has 5 heteroatoms. The van der Waals surface area contributed by atoms with E-state index in [1.807, 2.05) is 31.2 Å². The van der Waals surface area contributed by atoms with E-state index in [-0.39, 0.29) is 17.6 Å². The highest BCUT2D eigenvalue weighted by molar-refractivity contribution is 6.09. The van der Waals surface area contributed by atoms with Crippen LogP contribution in [0.15, 0.2) is 48.5 Å². The van der Waals surface area contributed by atoms with Crippen LogP contribution in [0.1, 0.15) is 17.5 Å². The van der Waals surface area contributed by atoms with Gasteiger partial charge in [0.15, 0.2) is 0 Å². The minimum absolute atomic E-state index is 0.222. The minimum atomic E-state index is -0.665.